The van der Waals surface area contributed by atoms with Crippen LogP contribution in [0.25, 0.3) is 11.2 Å². The maximum atomic E-state index is 14.0. The Balaban J connectivity index is 1.16. The van der Waals surface area contributed by atoms with Crippen molar-refractivity contribution in [3.8, 4) is 0 Å². The summed E-state index contributed by atoms with van der Waals surface area (Å²) in [6, 6.07) is 12.4. The zero-order valence-electron chi connectivity index (χ0n) is 25.6. The summed E-state index contributed by atoms with van der Waals surface area (Å²) in [5.74, 6) is 0.598. The third-order valence-corrected chi connectivity index (χ3v) is 10.8. The predicted octanol–water partition coefficient (Wildman–Crippen LogP) is 4.82. The molecule has 6 rings (SSSR count). The van der Waals surface area contributed by atoms with E-state index in [9.17, 15) is 14.4 Å². The first kappa shape index (κ1) is 29.9. The third-order valence-electron chi connectivity index (χ3n) is 9.31. The molecule has 1 unspecified atom stereocenters. The molecule has 3 fully saturated rings. The summed E-state index contributed by atoms with van der Waals surface area (Å²) in [6.45, 7) is 10.5. The number of nitrogens with one attached hydrogen (secondary N) is 2. The van der Waals surface area contributed by atoms with Crippen LogP contribution in [0.2, 0.25) is 0 Å². The topological polar surface area (TPSA) is 103 Å². The number of carbonyl (C=O) groups excluding carboxylic acids is 2. The van der Waals surface area contributed by atoms with Crippen molar-refractivity contribution in [1.82, 2.24) is 29.7 Å². The Morgan fingerprint density at radius 2 is 1.72 bits per heavy atom. The first-order valence-electron chi connectivity index (χ1n) is 15.8. The summed E-state index contributed by atoms with van der Waals surface area (Å²) in [5.41, 5.74) is 3.93. The van der Waals surface area contributed by atoms with Crippen LogP contribution in [0.1, 0.15) is 87.8 Å². The zero-order valence-corrected chi connectivity index (χ0v) is 26.4. The van der Waals surface area contributed by atoms with Crippen molar-refractivity contribution in [3.63, 3.8) is 0 Å². The maximum Gasteiger partial charge on any atom is 0.327 e. The van der Waals surface area contributed by atoms with Crippen molar-refractivity contribution in [2.75, 3.05) is 32.7 Å². The maximum absolute atomic E-state index is 14.0. The first-order valence-corrected chi connectivity index (χ1v) is 16.7. The number of hydrogen-bond donors (Lipinski definition) is 2. The highest BCUT2D eigenvalue weighted by molar-refractivity contribution is 8.01. The molecule has 0 aliphatic carbocycles. The molecule has 3 aliphatic heterocycles. The molecule has 230 valence electrons. The van der Waals surface area contributed by atoms with Gasteiger partial charge in [0.1, 0.15) is 5.37 Å². The molecule has 2 amide bonds. The van der Waals surface area contributed by atoms with E-state index in [0.29, 0.717) is 44.0 Å². The van der Waals surface area contributed by atoms with Gasteiger partial charge in [-0.05, 0) is 79.8 Å². The van der Waals surface area contributed by atoms with Crippen molar-refractivity contribution in [2.24, 2.45) is 5.41 Å². The zero-order chi connectivity index (χ0) is 30.1. The van der Waals surface area contributed by atoms with E-state index in [1.54, 1.807) is 22.5 Å². The lowest BCUT2D eigenvalue weighted by atomic mass is 9.86. The molecule has 3 aliphatic rings. The lowest BCUT2D eigenvalue weighted by molar-refractivity contribution is -0.136. The number of carbonyl (C=O) groups is 2. The van der Waals surface area contributed by atoms with Crippen LogP contribution in [0, 0.1) is 5.41 Å². The van der Waals surface area contributed by atoms with E-state index in [1.807, 2.05) is 17.0 Å². The number of nitrogens with zero attached hydrogens (tertiary/aromatic N) is 4. The van der Waals surface area contributed by atoms with Gasteiger partial charge in [-0.15, -0.1) is 11.8 Å². The molecule has 2 N–H and O–H groups in total. The SMILES string of the molecule is CC(C)(C)CCN1C(=O)[C@@H](CC(=O)N2CCC(n3c(=O)[nH]c4ncccc43)CC2)SC1c1ccccc1C1CCNCC1. The lowest BCUT2D eigenvalue weighted by Gasteiger charge is -2.33. The fourth-order valence-corrected chi connectivity index (χ4v) is 8.39. The Morgan fingerprint density at radius 3 is 2.44 bits per heavy atom. The van der Waals surface area contributed by atoms with E-state index < -0.39 is 5.25 Å². The molecule has 0 spiro atoms. The second-order valence-corrected chi connectivity index (χ2v) is 14.7. The average molecular weight is 605 g/mol. The number of hydrogen-bond acceptors (Lipinski definition) is 6. The molecular formula is C33H44N6O3S. The summed E-state index contributed by atoms with van der Waals surface area (Å²) in [5, 5.41) is 3.01. The number of aromatic amines is 1. The van der Waals surface area contributed by atoms with Gasteiger partial charge in [-0.2, -0.15) is 0 Å². The number of imidazole rings is 1. The minimum absolute atomic E-state index is 0.0146. The molecule has 3 saturated heterocycles. The van der Waals surface area contributed by atoms with Crippen LogP contribution in [-0.2, 0) is 9.59 Å². The summed E-state index contributed by atoms with van der Waals surface area (Å²) < 4.78 is 1.79. The number of aromatic nitrogens is 3. The third kappa shape index (κ3) is 6.41. The minimum atomic E-state index is -0.390. The van der Waals surface area contributed by atoms with Crippen LogP contribution in [0.3, 0.4) is 0 Å². The van der Waals surface area contributed by atoms with E-state index in [1.165, 1.54) is 11.1 Å². The van der Waals surface area contributed by atoms with Gasteiger partial charge in [0.25, 0.3) is 0 Å². The van der Waals surface area contributed by atoms with Gasteiger partial charge in [-0.25, -0.2) is 9.78 Å². The quantitative estimate of drug-likeness (QED) is 0.401. The summed E-state index contributed by atoms with van der Waals surface area (Å²) in [7, 11) is 0. The first-order chi connectivity index (χ1) is 20.7. The van der Waals surface area contributed by atoms with Gasteiger partial charge in [0.2, 0.25) is 11.8 Å². The normalized spacial score (nSPS) is 22.5. The highest BCUT2D eigenvalue weighted by Gasteiger charge is 2.44. The van der Waals surface area contributed by atoms with Crippen molar-refractivity contribution >= 4 is 34.7 Å². The number of rotatable bonds is 7. The number of thioether (sulfide) groups is 1. The molecule has 1 aromatic carbocycles. The van der Waals surface area contributed by atoms with Gasteiger partial charge in [0.15, 0.2) is 5.65 Å². The molecule has 2 atom stereocenters. The lowest BCUT2D eigenvalue weighted by Crippen LogP contribution is -2.42. The van der Waals surface area contributed by atoms with E-state index in [2.05, 4.69) is 65.2 Å². The summed E-state index contributed by atoms with van der Waals surface area (Å²) >= 11 is 1.66. The molecule has 0 radical (unpaired) electrons. The van der Waals surface area contributed by atoms with Crippen molar-refractivity contribution in [2.45, 2.75) is 81.9 Å². The standard InChI is InChI=1S/C33H44N6O3S/c1-33(2,3)14-20-38-30(41)27(43-31(38)25-8-5-4-7-24(25)22-10-16-34-17-11-22)21-28(40)37-18-12-23(13-19-37)39-26-9-6-15-35-29(26)36-32(39)42/h4-9,15,22-23,27,31,34H,10-14,16-21H2,1-3H3,(H,35,36,42)/t27-,31?/m1/s1. The number of benzene rings is 1. The van der Waals surface area contributed by atoms with Gasteiger partial charge in [0.05, 0.1) is 10.8 Å². The van der Waals surface area contributed by atoms with Gasteiger partial charge in [-0.3, -0.25) is 19.1 Å². The second kappa shape index (κ2) is 12.5. The number of H-pyrrole nitrogens is 1. The average Bonchev–Trinajstić information content (AvgIpc) is 3.51. The number of piperidine rings is 2. The van der Waals surface area contributed by atoms with Gasteiger partial charge in [0, 0.05) is 38.3 Å². The molecule has 2 aromatic heterocycles. The van der Waals surface area contributed by atoms with E-state index in [-0.39, 0.29) is 40.8 Å². The summed E-state index contributed by atoms with van der Waals surface area (Å²) in [4.78, 5) is 51.3. The van der Waals surface area contributed by atoms with Crippen LogP contribution in [0.15, 0.2) is 47.4 Å². The molecule has 3 aromatic rings. The van der Waals surface area contributed by atoms with Crippen molar-refractivity contribution in [3.05, 3.63) is 64.2 Å². The van der Waals surface area contributed by atoms with Crippen LogP contribution in [-0.4, -0.2) is 74.1 Å². The molecule has 43 heavy (non-hydrogen) atoms. The Hall–Kier alpha value is -3.11. The Morgan fingerprint density at radius 1 is 1.00 bits per heavy atom. The van der Waals surface area contributed by atoms with Crippen molar-refractivity contribution in [1.29, 1.82) is 0 Å². The molecular weight excluding hydrogens is 560 g/mol. The van der Waals surface area contributed by atoms with Gasteiger partial charge < -0.3 is 15.1 Å². The summed E-state index contributed by atoms with van der Waals surface area (Å²) in [6.07, 6.45) is 6.39. The smallest absolute Gasteiger partial charge is 0.327 e. The second-order valence-electron chi connectivity index (χ2n) is 13.5. The predicted molar refractivity (Wildman–Crippen MR) is 171 cm³/mol. The fourth-order valence-electron chi connectivity index (χ4n) is 6.87. The molecule has 9 nitrogen and oxygen atoms in total. The Bertz CT molecular complexity index is 1510. The van der Waals surface area contributed by atoms with Crippen LogP contribution < -0.4 is 11.0 Å². The van der Waals surface area contributed by atoms with E-state index >= 15 is 0 Å². The molecule has 10 heteroatoms. The number of amides is 2. The largest absolute Gasteiger partial charge is 0.342 e. The van der Waals surface area contributed by atoms with Gasteiger partial charge >= 0.3 is 5.69 Å². The Kier molecular flexibility index (Phi) is 8.69. The highest BCUT2D eigenvalue weighted by atomic mass is 32.2. The van der Waals surface area contributed by atoms with Crippen LogP contribution >= 0.6 is 11.8 Å². The Labute approximate surface area is 257 Å². The fraction of sp³-hybridized carbons (Fsp3) is 0.576. The van der Waals surface area contributed by atoms with Crippen molar-refractivity contribution < 1.29 is 9.59 Å². The van der Waals surface area contributed by atoms with Gasteiger partial charge in [-0.1, -0.05) is 45.0 Å². The van der Waals surface area contributed by atoms with E-state index in [0.717, 1.165) is 37.9 Å². The highest BCUT2D eigenvalue weighted by Crippen LogP contribution is 2.47. The minimum Gasteiger partial charge on any atom is -0.342 e. The number of pyridine rings is 1. The molecule has 0 saturated carbocycles. The number of likely N-dealkylation sites (tertiary alicyclic amines) is 1. The van der Waals surface area contributed by atoms with Crippen LogP contribution in [0.5, 0.6) is 0 Å². The number of fused-ring (bicyclic) bond motifs is 1. The van der Waals surface area contributed by atoms with Crippen LogP contribution in [0.4, 0.5) is 0 Å². The monoisotopic (exact) mass is 604 g/mol. The molecule has 0 bridgehead atoms. The van der Waals surface area contributed by atoms with E-state index in [4.69, 9.17) is 0 Å². The molecule has 5 heterocycles.